The molecule has 3 N–H and O–H groups in total. The number of hydrogen-bond donors (Lipinski definition) is 2. The second kappa shape index (κ2) is 6.50. The molecule has 0 radical (unpaired) electrons. The molecule has 2 aromatic rings. The molecule has 0 bridgehead atoms. The fourth-order valence-electron chi connectivity index (χ4n) is 1.52. The molecule has 0 aliphatic carbocycles. The van der Waals surface area contributed by atoms with Crippen molar-refractivity contribution in [3.63, 3.8) is 0 Å². The number of benzene rings is 2. The summed E-state index contributed by atoms with van der Waals surface area (Å²) in [4.78, 5) is 11.7. The van der Waals surface area contributed by atoms with Crippen LogP contribution in [0.3, 0.4) is 0 Å². The molecule has 0 heterocycles. The van der Waals surface area contributed by atoms with Crippen molar-refractivity contribution in [2.24, 2.45) is 0 Å². The second-order valence-corrected chi connectivity index (χ2v) is 4.87. The average Bonchev–Trinajstić information content (AvgIpc) is 2.41. The van der Waals surface area contributed by atoms with E-state index in [-0.39, 0.29) is 12.5 Å². The first kappa shape index (κ1) is 14.5. The van der Waals surface area contributed by atoms with Crippen LogP contribution in [-0.2, 0) is 4.79 Å². The third-order valence-electron chi connectivity index (χ3n) is 2.45. The van der Waals surface area contributed by atoms with Gasteiger partial charge in [-0.15, -0.1) is 0 Å². The molecule has 0 unspecified atom stereocenters. The smallest absolute Gasteiger partial charge is 0.262 e. The van der Waals surface area contributed by atoms with Crippen LogP contribution in [0, 0.1) is 0 Å². The number of halogens is 2. The highest BCUT2D eigenvalue weighted by Gasteiger charge is 2.05. The number of anilines is 2. The standard InChI is InChI=1S/C14H12Cl2N2O2/c15-9-2-1-3-11(6-9)20-8-14(19)18-10-4-5-12(16)13(17)7-10/h1-7H,8,17H2,(H,18,19). The summed E-state index contributed by atoms with van der Waals surface area (Å²) in [6.07, 6.45) is 0. The van der Waals surface area contributed by atoms with E-state index in [2.05, 4.69) is 5.32 Å². The van der Waals surface area contributed by atoms with E-state index in [1.807, 2.05) is 0 Å². The fourth-order valence-corrected chi connectivity index (χ4v) is 1.82. The van der Waals surface area contributed by atoms with Gasteiger partial charge in [0.1, 0.15) is 5.75 Å². The summed E-state index contributed by atoms with van der Waals surface area (Å²) in [5.74, 6) is 0.231. The van der Waals surface area contributed by atoms with Gasteiger partial charge in [0.2, 0.25) is 0 Å². The molecular weight excluding hydrogens is 299 g/mol. The molecule has 1 amide bonds. The van der Waals surface area contributed by atoms with Gasteiger partial charge in [0.25, 0.3) is 5.91 Å². The van der Waals surface area contributed by atoms with Crippen molar-refractivity contribution in [2.45, 2.75) is 0 Å². The summed E-state index contributed by atoms with van der Waals surface area (Å²) in [7, 11) is 0. The Hall–Kier alpha value is -1.91. The molecule has 0 fully saturated rings. The first-order valence-corrected chi connectivity index (χ1v) is 6.53. The van der Waals surface area contributed by atoms with Crippen molar-refractivity contribution in [3.05, 3.63) is 52.5 Å². The molecular formula is C14H12Cl2N2O2. The number of hydrogen-bond acceptors (Lipinski definition) is 3. The largest absolute Gasteiger partial charge is 0.484 e. The lowest BCUT2D eigenvalue weighted by molar-refractivity contribution is -0.118. The Balaban J connectivity index is 1.91. The van der Waals surface area contributed by atoms with E-state index < -0.39 is 0 Å². The first-order valence-electron chi connectivity index (χ1n) is 5.78. The maximum absolute atomic E-state index is 11.7. The molecule has 20 heavy (non-hydrogen) atoms. The van der Waals surface area contributed by atoms with Gasteiger partial charge in [0, 0.05) is 10.7 Å². The van der Waals surface area contributed by atoms with Gasteiger partial charge in [-0.1, -0.05) is 29.3 Å². The van der Waals surface area contributed by atoms with Gasteiger partial charge in [-0.2, -0.15) is 0 Å². The van der Waals surface area contributed by atoms with Gasteiger partial charge in [0.15, 0.2) is 6.61 Å². The summed E-state index contributed by atoms with van der Waals surface area (Å²) in [6, 6.07) is 11.7. The second-order valence-electron chi connectivity index (χ2n) is 4.03. The maximum Gasteiger partial charge on any atom is 0.262 e. The number of carbonyl (C=O) groups excluding carboxylic acids is 1. The van der Waals surface area contributed by atoms with Crippen LogP contribution in [0.1, 0.15) is 0 Å². The molecule has 0 atom stereocenters. The Bertz CT molecular complexity index is 632. The van der Waals surface area contributed by atoms with E-state index in [9.17, 15) is 4.79 Å². The maximum atomic E-state index is 11.7. The lowest BCUT2D eigenvalue weighted by Crippen LogP contribution is -2.20. The van der Waals surface area contributed by atoms with Crippen molar-refractivity contribution in [3.8, 4) is 5.75 Å². The van der Waals surface area contributed by atoms with Crippen LogP contribution in [0.4, 0.5) is 11.4 Å². The van der Waals surface area contributed by atoms with Crippen LogP contribution in [0.2, 0.25) is 10.0 Å². The zero-order chi connectivity index (χ0) is 14.5. The van der Waals surface area contributed by atoms with Crippen molar-refractivity contribution < 1.29 is 9.53 Å². The highest BCUT2D eigenvalue weighted by molar-refractivity contribution is 6.33. The highest BCUT2D eigenvalue weighted by Crippen LogP contribution is 2.22. The van der Waals surface area contributed by atoms with Crippen LogP contribution >= 0.6 is 23.2 Å². The van der Waals surface area contributed by atoms with E-state index in [0.717, 1.165) is 0 Å². The zero-order valence-corrected chi connectivity index (χ0v) is 11.9. The van der Waals surface area contributed by atoms with Crippen molar-refractivity contribution in [1.29, 1.82) is 0 Å². The van der Waals surface area contributed by atoms with Crippen LogP contribution in [0.25, 0.3) is 0 Å². The Morgan fingerprint density at radius 1 is 1.20 bits per heavy atom. The monoisotopic (exact) mass is 310 g/mol. The lowest BCUT2D eigenvalue weighted by Gasteiger charge is -2.08. The molecule has 4 nitrogen and oxygen atoms in total. The molecule has 0 spiro atoms. The van der Waals surface area contributed by atoms with Crippen LogP contribution in [-0.4, -0.2) is 12.5 Å². The quantitative estimate of drug-likeness (QED) is 0.848. The number of rotatable bonds is 4. The summed E-state index contributed by atoms with van der Waals surface area (Å²) < 4.78 is 5.32. The summed E-state index contributed by atoms with van der Waals surface area (Å²) in [5.41, 5.74) is 6.61. The predicted molar refractivity (Wildman–Crippen MR) is 81.4 cm³/mol. The summed E-state index contributed by atoms with van der Waals surface area (Å²) in [5, 5.41) is 3.65. The lowest BCUT2D eigenvalue weighted by atomic mass is 10.3. The number of amides is 1. The summed E-state index contributed by atoms with van der Waals surface area (Å²) in [6.45, 7) is -0.122. The topological polar surface area (TPSA) is 64.3 Å². The third kappa shape index (κ3) is 4.05. The number of ether oxygens (including phenoxy) is 1. The van der Waals surface area contributed by atoms with E-state index in [1.165, 1.54) is 0 Å². The van der Waals surface area contributed by atoms with Crippen LogP contribution in [0.5, 0.6) is 5.75 Å². The molecule has 0 aliphatic rings. The molecule has 0 saturated carbocycles. The molecule has 2 aromatic carbocycles. The zero-order valence-electron chi connectivity index (χ0n) is 10.4. The Labute approximate surface area is 126 Å². The van der Waals surface area contributed by atoms with Gasteiger partial charge in [-0.05, 0) is 36.4 Å². The predicted octanol–water partition coefficient (Wildman–Crippen LogP) is 3.59. The van der Waals surface area contributed by atoms with Crippen LogP contribution in [0.15, 0.2) is 42.5 Å². The van der Waals surface area contributed by atoms with Gasteiger partial charge in [-0.3, -0.25) is 4.79 Å². The van der Waals surface area contributed by atoms with Gasteiger partial charge < -0.3 is 15.8 Å². The van der Waals surface area contributed by atoms with Gasteiger partial charge in [-0.25, -0.2) is 0 Å². The van der Waals surface area contributed by atoms with Crippen LogP contribution < -0.4 is 15.8 Å². The molecule has 104 valence electrons. The van der Waals surface area contributed by atoms with Gasteiger partial charge >= 0.3 is 0 Å². The molecule has 0 aliphatic heterocycles. The summed E-state index contributed by atoms with van der Waals surface area (Å²) >= 11 is 11.6. The minimum atomic E-state index is -0.299. The van der Waals surface area contributed by atoms with E-state index >= 15 is 0 Å². The van der Waals surface area contributed by atoms with Crippen molar-refractivity contribution in [2.75, 3.05) is 17.7 Å². The molecule has 2 rings (SSSR count). The minimum absolute atomic E-state index is 0.122. The highest BCUT2D eigenvalue weighted by atomic mass is 35.5. The number of nitrogens with two attached hydrogens (primary N) is 1. The van der Waals surface area contributed by atoms with E-state index in [1.54, 1.807) is 42.5 Å². The molecule has 0 aromatic heterocycles. The fraction of sp³-hybridized carbons (Fsp3) is 0.0714. The van der Waals surface area contributed by atoms with Crippen molar-refractivity contribution in [1.82, 2.24) is 0 Å². The van der Waals surface area contributed by atoms with E-state index in [4.69, 9.17) is 33.7 Å². The first-order chi connectivity index (χ1) is 9.54. The SMILES string of the molecule is Nc1cc(NC(=O)COc2cccc(Cl)c2)ccc1Cl. The van der Waals surface area contributed by atoms with Gasteiger partial charge in [0.05, 0.1) is 10.7 Å². The Kier molecular flexibility index (Phi) is 4.71. The molecule has 6 heteroatoms. The third-order valence-corrected chi connectivity index (χ3v) is 3.03. The average molecular weight is 311 g/mol. The Morgan fingerprint density at radius 2 is 2.00 bits per heavy atom. The Morgan fingerprint density at radius 3 is 2.70 bits per heavy atom. The minimum Gasteiger partial charge on any atom is -0.484 e. The normalized spacial score (nSPS) is 10.1. The number of nitrogens with one attached hydrogen (secondary N) is 1. The van der Waals surface area contributed by atoms with Crippen molar-refractivity contribution >= 4 is 40.5 Å². The number of nitrogen functional groups attached to an aromatic ring is 1. The molecule has 0 saturated heterocycles. The number of carbonyl (C=O) groups is 1. The van der Waals surface area contributed by atoms with E-state index in [0.29, 0.717) is 27.2 Å².